The van der Waals surface area contributed by atoms with Gasteiger partial charge in [-0.05, 0) is 49.1 Å². The van der Waals surface area contributed by atoms with Gasteiger partial charge in [0.15, 0.2) is 0 Å². The molecule has 0 aliphatic carbocycles. The standard InChI is InChI=1S/C20H24N2O3S/c1-16(15-18-7-4-3-5-8-18)20(23)21-14-6-9-17-10-12-19(13-11-17)22-26(2,24)25/h3-5,7-8,10-13,15,22H,6,9,14H2,1-2H3,(H,21,23)/b16-15+. The molecule has 0 saturated heterocycles. The highest BCUT2D eigenvalue weighted by Gasteiger charge is 2.04. The fourth-order valence-corrected chi connectivity index (χ4v) is 3.02. The fraction of sp³-hybridized carbons (Fsp3) is 0.250. The van der Waals surface area contributed by atoms with Crippen molar-refractivity contribution in [3.05, 3.63) is 71.3 Å². The molecule has 0 radical (unpaired) electrons. The van der Waals surface area contributed by atoms with E-state index in [1.165, 1.54) is 0 Å². The van der Waals surface area contributed by atoms with E-state index < -0.39 is 10.0 Å². The zero-order chi connectivity index (χ0) is 19.0. The summed E-state index contributed by atoms with van der Waals surface area (Å²) in [5.41, 5.74) is 3.32. The van der Waals surface area contributed by atoms with E-state index in [-0.39, 0.29) is 5.91 Å². The molecule has 2 aromatic carbocycles. The molecule has 6 heteroatoms. The Bertz CT molecular complexity index is 858. The predicted octanol–water partition coefficient (Wildman–Crippen LogP) is 3.21. The zero-order valence-electron chi connectivity index (χ0n) is 15.0. The van der Waals surface area contributed by atoms with Crippen molar-refractivity contribution >= 4 is 27.7 Å². The molecule has 2 aromatic rings. The molecule has 0 spiro atoms. The zero-order valence-corrected chi connectivity index (χ0v) is 15.8. The lowest BCUT2D eigenvalue weighted by Gasteiger charge is -2.07. The summed E-state index contributed by atoms with van der Waals surface area (Å²) in [7, 11) is -3.25. The van der Waals surface area contributed by atoms with Crippen LogP contribution in [0.25, 0.3) is 6.08 Å². The molecule has 0 heterocycles. The quantitative estimate of drug-likeness (QED) is 0.552. The summed E-state index contributed by atoms with van der Waals surface area (Å²) < 4.78 is 24.8. The number of carbonyl (C=O) groups excluding carboxylic acids is 1. The van der Waals surface area contributed by atoms with Gasteiger partial charge in [-0.1, -0.05) is 42.5 Å². The summed E-state index contributed by atoms with van der Waals surface area (Å²) in [5, 5.41) is 2.92. The van der Waals surface area contributed by atoms with E-state index in [1.807, 2.05) is 48.5 Å². The molecule has 1 amide bonds. The minimum absolute atomic E-state index is 0.0680. The van der Waals surface area contributed by atoms with Crippen molar-refractivity contribution in [1.29, 1.82) is 0 Å². The molecule has 26 heavy (non-hydrogen) atoms. The average Bonchev–Trinajstić information content (AvgIpc) is 2.59. The Kier molecular flexibility index (Phi) is 6.97. The molecule has 0 unspecified atom stereocenters. The number of aryl methyl sites for hydroxylation is 1. The van der Waals surface area contributed by atoms with Gasteiger partial charge in [0, 0.05) is 17.8 Å². The SMILES string of the molecule is C/C(=C\c1ccccc1)C(=O)NCCCc1ccc(NS(C)(=O)=O)cc1. The van der Waals surface area contributed by atoms with Crippen LogP contribution in [-0.2, 0) is 21.2 Å². The first kappa shape index (κ1) is 19.7. The van der Waals surface area contributed by atoms with Crippen molar-refractivity contribution in [3.63, 3.8) is 0 Å². The van der Waals surface area contributed by atoms with Crippen LogP contribution in [0.2, 0.25) is 0 Å². The first-order valence-electron chi connectivity index (χ1n) is 8.42. The molecule has 0 atom stereocenters. The maximum Gasteiger partial charge on any atom is 0.246 e. The lowest BCUT2D eigenvalue weighted by Crippen LogP contribution is -2.25. The Morgan fingerprint density at radius 2 is 1.69 bits per heavy atom. The van der Waals surface area contributed by atoms with Crippen LogP contribution >= 0.6 is 0 Å². The number of anilines is 1. The van der Waals surface area contributed by atoms with Gasteiger partial charge in [-0.2, -0.15) is 0 Å². The van der Waals surface area contributed by atoms with Crippen LogP contribution in [0.3, 0.4) is 0 Å². The highest BCUT2D eigenvalue weighted by molar-refractivity contribution is 7.92. The highest BCUT2D eigenvalue weighted by Crippen LogP contribution is 2.12. The van der Waals surface area contributed by atoms with Crippen LogP contribution in [0, 0.1) is 0 Å². The van der Waals surface area contributed by atoms with Gasteiger partial charge in [0.2, 0.25) is 15.9 Å². The van der Waals surface area contributed by atoms with Crippen molar-refractivity contribution in [2.45, 2.75) is 19.8 Å². The molecular formula is C20H24N2O3S. The highest BCUT2D eigenvalue weighted by atomic mass is 32.2. The minimum atomic E-state index is -3.25. The molecule has 0 fully saturated rings. The van der Waals surface area contributed by atoms with Crippen molar-refractivity contribution in [2.24, 2.45) is 0 Å². The second kappa shape index (κ2) is 9.20. The Balaban J connectivity index is 1.76. The number of amides is 1. The van der Waals surface area contributed by atoms with Gasteiger partial charge in [-0.25, -0.2) is 8.42 Å². The van der Waals surface area contributed by atoms with Crippen LogP contribution in [0.15, 0.2) is 60.2 Å². The van der Waals surface area contributed by atoms with Crippen LogP contribution in [-0.4, -0.2) is 27.1 Å². The van der Waals surface area contributed by atoms with Crippen molar-refractivity contribution < 1.29 is 13.2 Å². The van der Waals surface area contributed by atoms with Crippen LogP contribution in [0.1, 0.15) is 24.5 Å². The lowest BCUT2D eigenvalue weighted by atomic mass is 10.1. The van der Waals surface area contributed by atoms with E-state index >= 15 is 0 Å². The van der Waals surface area contributed by atoms with Gasteiger partial charge in [-0.15, -0.1) is 0 Å². The molecule has 0 aliphatic heterocycles. The summed E-state index contributed by atoms with van der Waals surface area (Å²) in [6.45, 7) is 2.39. The maximum atomic E-state index is 12.1. The van der Waals surface area contributed by atoms with Crippen LogP contribution < -0.4 is 10.0 Å². The predicted molar refractivity (Wildman–Crippen MR) is 106 cm³/mol. The molecule has 0 aliphatic rings. The smallest absolute Gasteiger partial charge is 0.246 e. The van der Waals surface area contributed by atoms with Crippen molar-refractivity contribution in [1.82, 2.24) is 5.32 Å². The number of hydrogen-bond acceptors (Lipinski definition) is 3. The summed E-state index contributed by atoms with van der Waals surface area (Å²) in [6, 6.07) is 17.0. The van der Waals surface area contributed by atoms with Crippen LogP contribution in [0.4, 0.5) is 5.69 Å². The number of rotatable bonds is 8. The molecule has 0 saturated carbocycles. The average molecular weight is 372 g/mol. The van der Waals surface area contributed by atoms with E-state index in [0.29, 0.717) is 17.8 Å². The molecule has 2 N–H and O–H groups in total. The normalized spacial score (nSPS) is 11.8. The second-order valence-corrected chi connectivity index (χ2v) is 7.92. The third kappa shape index (κ3) is 7.11. The van der Waals surface area contributed by atoms with Gasteiger partial charge in [0.1, 0.15) is 0 Å². The molecule has 0 bridgehead atoms. The molecule has 2 rings (SSSR count). The van der Waals surface area contributed by atoms with E-state index in [9.17, 15) is 13.2 Å². The molecular weight excluding hydrogens is 348 g/mol. The van der Waals surface area contributed by atoms with Gasteiger partial charge in [-0.3, -0.25) is 9.52 Å². The fourth-order valence-electron chi connectivity index (χ4n) is 2.45. The summed E-state index contributed by atoms with van der Waals surface area (Å²) in [4.78, 5) is 12.1. The van der Waals surface area contributed by atoms with E-state index in [2.05, 4.69) is 10.0 Å². The second-order valence-electron chi connectivity index (χ2n) is 6.17. The van der Waals surface area contributed by atoms with Crippen LogP contribution in [0.5, 0.6) is 0 Å². The van der Waals surface area contributed by atoms with Gasteiger partial charge in [0.25, 0.3) is 0 Å². The first-order valence-corrected chi connectivity index (χ1v) is 10.3. The van der Waals surface area contributed by atoms with Gasteiger partial charge >= 0.3 is 0 Å². The Labute approximate surface area is 155 Å². The van der Waals surface area contributed by atoms with Crippen molar-refractivity contribution in [3.8, 4) is 0 Å². The summed E-state index contributed by atoms with van der Waals surface area (Å²) in [5.74, 6) is -0.0680. The van der Waals surface area contributed by atoms with E-state index in [0.717, 1.165) is 30.2 Å². The molecule has 0 aromatic heterocycles. The third-order valence-electron chi connectivity index (χ3n) is 3.73. The van der Waals surface area contributed by atoms with E-state index in [4.69, 9.17) is 0 Å². The Hall–Kier alpha value is -2.60. The number of benzene rings is 2. The summed E-state index contributed by atoms with van der Waals surface area (Å²) in [6.07, 6.45) is 4.60. The summed E-state index contributed by atoms with van der Waals surface area (Å²) >= 11 is 0. The third-order valence-corrected chi connectivity index (χ3v) is 4.33. The largest absolute Gasteiger partial charge is 0.352 e. The first-order chi connectivity index (χ1) is 12.3. The maximum absolute atomic E-state index is 12.1. The number of hydrogen-bond donors (Lipinski definition) is 2. The monoisotopic (exact) mass is 372 g/mol. The number of nitrogens with one attached hydrogen (secondary N) is 2. The topological polar surface area (TPSA) is 75.3 Å². The van der Waals surface area contributed by atoms with Gasteiger partial charge < -0.3 is 5.32 Å². The van der Waals surface area contributed by atoms with E-state index in [1.54, 1.807) is 19.1 Å². The minimum Gasteiger partial charge on any atom is -0.352 e. The Morgan fingerprint density at radius 1 is 1.04 bits per heavy atom. The number of sulfonamides is 1. The van der Waals surface area contributed by atoms with Crippen molar-refractivity contribution in [2.75, 3.05) is 17.5 Å². The lowest BCUT2D eigenvalue weighted by molar-refractivity contribution is -0.117. The Morgan fingerprint density at radius 3 is 2.31 bits per heavy atom. The molecule has 5 nitrogen and oxygen atoms in total. The number of carbonyl (C=O) groups is 1. The molecule has 138 valence electrons. The van der Waals surface area contributed by atoms with Gasteiger partial charge in [0.05, 0.1) is 6.26 Å².